The number of carbonyl (C=O) groups is 1. The molecule has 0 fully saturated rings. The molecule has 0 atom stereocenters. The van der Waals surface area contributed by atoms with Crippen molar-refractivity contribution >= 4 is 6.03 Å². The molecule has 0 bridgehead atoms. The van der Waals surface area contributed by atoms with Crippen molar-refractivity contribution in [3.8, 4) is 0 Å². The number of benzene rings is 1. The van der Waals surface area contributed by atoms with Gasteiger partial charge in [0, 0.05) is 6.54 Å². The van der Waals surface area contributed by atoms with Gasteiger partial charge in [0.1, 0.15) is 0 Å². The maximum Gasteiger partial charge on any atom is 0.338 e. The smallest absolute Gasteiger partial charge is 0.336 e. The molecule has 0 unspecified atom stereocenters. The first kappa shape index (κ1) is 13.5. The van der Waals surface area contributed by atoms with Crippen LogP contribution in [0.15, 0.2) is 24.3 Å². The Morgan fingerprint density at radius 3 is 2.35 bits per heavy atom. The van der Waals surface area contributed by atoms with Crippen LogP contribution in [0.5, 0.6) is 0 Å². The Morgan fingerprint density at radius 1 is 1.24 bits per heavy atom. The average molecular weight is 236 g/mol. The number of urea groups is 1. The summed E-state index contributed by atoms with van der Waals surface area (Å²) in [6.07, 6.45) is 1.85. The summed E-state index contributed by atoms with van der Waals surface area (Å²) in [5.74, 6) is 0.663. The van der Waals surface area contributed by atoms with Crippen molar-refractivity contribution in [2.24, 2.45) is 5.92 Å². The molecule has 1 rings (SSSR count). The van der Waals surface area contributed by atoms with E-state index in [0.29, 0.717) is 12.5 Å². The second-order valence-electron chi connectivity index (χ2n) is 4.53. The third kappa shape index (κ3) is 5.36. The third-order valence-corrected chi connectivity index (χ3v) is 2.47. The summed E-state index contributed by atoms with van der Waals surface area (Å²) in [7, 11) is 0. The van der Waals surface area contributed by atoms with E-state index in [1.165, 1.54) is 16.6 Å². The molecule has 0 aliphatic carbocycles. The minimum Gasteiger partial charge on any atom is -0.336 e. The summed E-state index contributed by atoms with van der Waals surface area (Å²) in [6, 6.07) is 7.84. The van der Waals surface area contributed by atoms with E-state index in [4.69, 9.17) is 5.21 Å². The fourth-order valence-electron chi connectivity index (χ4n) is 1.67. The van der Waals surface area contributed by atoms with E-state index in [9.17, 15) is 4.79 Å². The van der Waals surface area contributed by atoms with Gasteiger partial charge in [0.15, 0.2) is 0 Å². The fraction of sp³-hybridized carbons (Fsp3) is 0.462. The molecule has 0 heterocycles. The summed E-state index contributed by atoms with van der Waals surface area (Å²) in [5, 5.41) is 10.8. The molecular weight excluding hydrogens is 216 g/mol. The zero-order valence-corrected chi connectivity index (χ0v) is 10.4. The SMILES string of the molecule is CC(C)Cc1ccc(CCNC(=O)NO)cc1. The molecule has 0 radical (unpaired) electrons. The molecule has 1 aromatic rings. The zero-order chi connectivity index (χ0) is 12.7. The molecule has 4 nitrogen and oxygen atoms in total. The van der Waals surface area contributed by atoms with E-state index in [0.717, 1.165) is 12.8 Å². The standard InChI is InChI=1S/C13H20N2O2/c1-10(2)9-12-5-3-11(4-6-12)7-8-14-13(16)15-17/h3-6,10,17H,7-9H2,1-2H3,(H2,14,15,16). The van der Waals surface area contributed by atoms with Crippen molar-refractivity contribution in [3.05, 3.63) is 35.4 Å². The lowest BCUT2D eigenvalue weighted by Gasteiger charge is -2.07. The highest BCUT2D eigenvalue weighted by Crippen LogP contribution is 2.09. The van der Waals surface area contributed by atoms with Gasteiger partial charge in [-0.1, -0.05) is 38.1 Å². The van der Waals surface area contributed by atoms with Crippen molar-refractivity contribution < 1.29 is 10.0 Å². The quantitative estimate of drug-likeness (QED) is 0.541. The molecule has 0 saturated heterocycles. The van der Waals surface area contributed by atoms with E-state index in [1.54, 1.807) is 0 Å². The molecule has 3 N–H and O–H groups in total. The first-order chi connectivity index (χ1) is 8.11. The van der Waals surface area contributed by atoms with Gasteiger partial charge < -0.3 is 5.32 Å². The first-order valence-corrected chi connectivity index (χ1v) is 5.87. The first-order valence-electron chi connectivity index (χ1n) is 5.87. The van der Waals surface area contributed by atoms with Gasteiger partial charge in [0.2, 0.25) is 0 Å². The second kappa shape index (κ2) is 6.91. The number of amides is 2. The predicted molar refractivity (Wildman–Crippen MR) is 67.0 cm³/mol. The number of nitrogens with one attached hydrogen (secondary N) is 2. The number of hydrogen-bond donors (Lipinski definition) is 3. The Hall–Kier alpha value is -1.55. The Balaban J connectivity index is 2.37. The predicted octanol–water partition coefficient (Wildman–Crippen LogP) is 2.12. The maximum absolute atomic E-state index is 10.7. The van der Waals surface area contributed by atoms with Gasteiger partial charge in [-0.05, 0) is 29.9 Å². The topological polar surface area (TPSA) is 61.4 Å². The lowest BCUT2D eigenvalue weighted by molar-refractivity contribution is 0.162. The molecule has 2 amide bonds. The highest BCUT2D eigenvalue weighted by atomic mass is 16.5. The maximum atomic E-state index is 10.7. The van der Waals surface area contributed by atoms with E-state index < -0.39 is 6.03 Å². The van der Waals surface area contributed by atoms with Crippen LogP contribution in [0, 0.1) is 5.92 Å². The Bertz CT molecular complexity index is 347. The van der Waals surface area contributed by atoms with Gasteiger partial charge >= 0.3 is 6.03 Å². The average Bonchev–Trinajstić information content (AvgIpc) is 2.30. The zero-order valence-electron chi connectivity index (χ0n) is 10.4. The molecule has 0 aliphatic heterocycles. The lowest BCUT2D eigenvalue weighted by Crippen LogP contribution is -2.34. The lowest BCUT2D eigenvalue weighted by atomic mass is 10.0. The number of hydroxylamine groups is 1. The van der Waals surface area contributed by atoms with Crippen LogP contribution in [-0.2, 0) is 12.8 Å². The highest BCUT2D eigenvalue weighted by molar-refractivity contribution is 5.72. The van der Waals surface area contributed by atoms with E-state index in [1.807, 2.05) is 0 Å². The van der Waals surface area contributed by atoms with Crippen LogP contribution in [0.4, 0.5) is 4.79 Å². The number of carbonyl (C=O) groups excluding carboxylic acids is 1. The Kier molecular flexibility index (Phi) is 5.49. The summed E-state index contributed by atoms with van der Waals surface area (Å²) < 4.78 is 0. The van der Waals surface area contributed by atoms with Crippen LogP contribution in [0.25, 0.3) is 0 Å². The normalized spacial score (nSPS) is 10.4. The van der Waals surface area contributed by atoms with Crippen molar-refractivity contribution in [2.75, 3.05) is 6.54 Å². The van der Waals surface area contributed by atoms with Gasteiger partial charge in [0.05, 0.1) is 0 Å². The van der Waals surface area contributed by atoms with Gasteiger partial charge in [-0.25, -0.2) is 10.3 Å². The minimum atomic E-state index is -0.568. The third-order valence-electron chi connectivity index (χ3n) is 2.47. The minimum absolute atomic E-state index is 0.510. The highest BCUT2D eigenvalue weighted by Gasteiger charge is 1.99. The van der Waals surface area contributed by atoms with E-state index in [-0.39, 0.29) is 0 Å². The van der Waals surface area contributed by atoms with Gasteiger partial charge in [-0.15, -0.1) is 0 Å². The molecule has 0 aliphatic rings. The van der Waals surface area contributed by atoms with E-state index in [2.05, 4.69) is 43.4 Å². The summed E-state index contributed by atoms with van der Waals surface area (Å²) in [5.41, 5.74) is 4.05. The van der Waals surface area contributed by atoms with Gasteiger partial charge in [0.25, 0.3) is 0 Å². The Morgan fingerprint density at radius 2 is 1.82 bits per heavy atom. The largest absolute Gasteiger partial charge is 0.338 e. The van der Waals surface area contributed by atoms with Crippen LogP contribution >= 0.6 is 0 Å². The molecule has 0 spiro atoms. The molecule has 94 valence electrons. The van der Waals surface area contributed by atoms with Crippen LogP contribution in [0.2, 0.25) is 0 Å². The molecule has 4 heteroatoms. The van der Waals surface area contributed by atoms with Crippen LogP contribution in [0.3, 0.4) is 0 Å². The van der Waals surface area contributed by atoms with Crippen LogP contribution in [-0.4, -0.2) is 17.8 Å². The second-order valence-corrected chi connectivity index (χ2v) is 4.53. The van der Waals surface area contributed by atoms with Crippen molar-refractivity contribution in [2.45, 2.75) is 26.7 Å². The Labute approximate surface area is 102 Å². The summed E-state index contributed by atoms with van der Waals surface area (Å²) >= 11 is 0. The van der Waals surface area contributed by atoms with E-state index >= 15 is 0 Å². The summed E-state index contributed by atoms with van der Waals surface area (Å²) in [6.45, 7) is 4.91. The molecule has 0 saturated carbocycles. The van der Waals surface area contributed by atoms with Gasteiger partial charge in [-0.3, -0.25) is 5.21 Å². The molecule has 0 aromatic heterocycles. The van der Waals surface area contributed by atoms with Gasteiger partial charge in [-0.2, -0.15) is 0 Å². The molecule has 17 heavy (non-hydrogen) atoms. The molecular formula is C13H20N2O2. The van der Waals surface area contributed by atoms with Crippen LogP contribution in [0.1, 0.15) is 25.0 Å². The number of hydrogen-bond acceptors (Lipinski definition) is 2. The molecule has 1 aromatic carbocycles. The number of rotatable bonds is 5. The van der Waals surface area contributed by atoms with Crippen molar-refractivity contribution in [3.63, 3.8) is 0 Å². The fourth-order valence-corrected chi connectivity index (χ4v) is 1.67. The van der Waals surface area contributed by atoms with Crippen molar-refractivity contribution in [1.82, 2.24) is 10.8 Å². The summed E-state index contributed by atoms with van der Waals surface area (Å²) in [4.78, 5) is 10.7. The van der Waals surface area contributed by atoms with Crippen molar-refractivity contribution in [1.29, 1.82) is 0 Å². The van der Waals surface area contributed by atoms with Crippen LogP contribution < -0.4 is 10.8 Å². The monoisotopic (exact) mass is 236 g/mol.